The predicted molar refractivity (Wildman–Crippen MR) is 92.6 cm³/mol. The lowest BCUT2D eigenvalue weighted by Gasteiger charge is -2.58. The van der Waals surface area contributed by atoms with Crippen LogP contribution in [0.1, 0.15) is 54.4 Å². The molecule has 0 saturated heterocycles. The van der Waals surface area contributed by atoms with Crippen LogP contribution in [0.25, 0.3) is 0 Å². The van der Waals surface area contributed by atoms with E-state index in [-0.39, 0.29) is 11.3 Å². The van der Waals surface area contributed by atoms with Gasteiger partial charge in [0, 0.05) is 12.0 Å². The van der Waals surface area contributed by atoms with Crippen molar-refractivity contribution in [1.29, 1.82) is 0 Å². The zero-order chi connectivity index (χ0) is 18.3. The highest BCUT2D eigenvalue weighted by Crippen LogP contribution is 2.63. The van der Waals surface area contributed by atoms with E-state index in [0.717, 1.165) is 12.8 Å². The van der Waals surface area contributed by atoms with Gasteiger partial charge in [-0.15, -0.1) is 0 Å². The van der Waals surface area contributed by atoms with Gasteiger partial charge >= 0.3 is 12.1 Å². The van der Waals surface area contributed by atoms with E-state index in [1.807, 2.05) is 41.5 Å². The maximum atomic E-state index is 12.1. The van der Waals surface area contributed by atoms with Crippen molar-refractivity contribution in [3.8, 4) is 0 Å². The molecular weight excluding hydrogens is 306 g/mol. The summed E-state index contributed by atoms with van der Waals surface area (Å²) < 4.78 is 5.32. The van der Waals surface area contributed by atoms with Gasteiger partial charge < -0.3 is 15.2 Å². The highest BCUT2D eigenvalue weighted by Gasteiger charge is 2.62. The summed E-state index contributed by atoms with van der Waals surface area (Å²) in [5.74, 6) is -0.585. The maximum Gasteiger partial charge on any atom is 0.407 e. The molecule has 2 N–H and O–H groups in total. The normalized spacial score (nSPS) is 30.2. The van der Waals surface area contributed by atoms with Crippen molar-refractivity contribution in [2.24, 2.45) is 28.6 Å². The van der Waals surface area contributed by atoms with E-state index in [2.05, 4.69) is 17.5 Å². The number of amides is 1. The smallest absolute Gasteiger partial charge is 0.407 e. The van der Waals surface area contributed by atoms with Crippen LogP contribution in [0.4, 0.5) is 4.79 Å². The number of alkyl carbamates (subject to hydrolysis) is 1. The first-order valence-electron chi connectivity index (χ1n) is 8.73. The van der Waals surface area contributed by atoms with Gasteiger partial charge in [0.15, 0.2) is 0 Å². The van der Waals surface area contributed by atoms with Crippen LogP contribution in [0.5, 0.6) is 0 Å². The van der Waals surface area contributed by atoms with Gasteiger partial charge in [0.2, 0.25) is 0 Å². The monoisotopic (exact) mass is 337 g/mol. The van der Waals surface area contributed by atoms with Crippen LogP contribution < -0.4 is 5.32 Å². The number of aliphatic carboxylic acids is 1. The van der Waals surface area contributed by atoms with Crippen LogP contribution in [0.3, 0.4) is 0 Å². The number of fused-ring (bicyclic) bond motifs is 1. The first kappa shape index (κ1) is 18.8. The molecule has 1 unspecified atom stereocenters. The van der Waals surface area contributed by atoms with Gasteiger partial charge in [0.1, 0.15) is 5.60 Å². The van der Waals surface area contributed by atoms with Gasteiger partial charge in [-0.1, -0.05) is 32.9 Å². The van der Waals surface area contributed by atoms with Gasteiger partial charge in [-0.2, -0.15) is 0 Å². The Morgan fingerprint density at radius 2 is 1.92 bits per heavy atom. The van der Waals surface area contributed by atoms with Gasteiger partial charge in [-0.05, 0) is 50.9 Å². The fraction of sp³-hybridized carbons (Fsp3) is 0.789. The first-order valence-corrected chi connectivity index (χ1v) is 8.73. The van der Waals surface area contributed by atoms with Crippen molar-refractivity contribution < 1.29 is 19.4 Å². The number of ether oxygens (including phenoxy) is 1. The van der Waals surface area contributed by atoms with E-state index in [1.165, 1.54) is 0 Å². The first-order chi connectivity index (χ1) is 10.9. The zero-order valence-electron chi connectivity index (χ0n) is 15.7. The molecule has 5 heteroatoms. The van der Waals surface area contributed by atoms with Crippen molar-refractivity contribution >= 4 is 12.1 Å². The molecule has 0 heterocycles. The van der Waals surface area contributed by atoms with Crippen LogP contribution >= 0.6 is 0 Å². The van der Waals surface area contributed by atoms with Gasteiger partial charge in [0.25, 0.3) is 0 Å². The minimum absolute atomic E-state index is 0.216. The molecule has 0 aromatic heterocycles. The third kappa shape index (κ3) is 3.60. The summed E-state index contributed by atoms with van der Waals surface area (Å²) in [7, 11) is 0. The Kier molecular flexibility index (Phi) is 4.77. The van der Waals surface area contributed by atoms with Crippen LogP contribution in [-0.2, 0) is 9.53 Å². The summed E-state index contributed by atoms with van der Waals surface area (Å²) in [5, 5.41) is 12.8. The van der Waals surface area contributed by atoms with Crippen molar-refractivity contribution in [2.45, 2.75) is 60.0 Å². The Labute approximate surface area is 144 Å². The Hall–Kier alpha value is -1.52. The number of carboxylic acid groups (broad SMARTS) is 1. The van der Waals surface area contributed by atoms with E-state index in [9.17, 15) is 14.7 Å². The minimum Gasteiger partial charge on any atom is -0.481 e. The molecule has 0 aromatic rings. The highest BCUT2D eigenvalue weighted by molar-refractivity contribution is 5.73. The number of carbonyl (C=O) groups excluding carboxylic acids is 1. The van der Waals surface area contributed by atoms with Crippen LogP contribution in [-0.4, -0.2) is 29.3 Å². The van der Waals surface area contributed by atoms with E-state index in [1.54, 1.807) is 0 Å². The molecule has 24 heavy (non-hydrogen) atoms. The molecular formula is C19H31NO4. The standard InChI is InChI=1S/C19H31NO4/c1-17(2,3)14(15(21)22)19(10-12-8-7-9-13(12)19)11-20-16(23)24-18(4,5)6/h7,9,12-14H,8,10-11H2,1-6H3,(H,20,23)(H,21,22)/t12-,13-,14?,19+/m1/s1. The van der Waals surface area contributed by atoms with Gasteiger partial charge in [-0.3, -0.25) is 4.79 Å². The van der Waals surface area contributed by atoms with Crippen molar-refractivity contribution in [3.63, 3.8) is 0 Å². The summed E-state index contributed by atoms with van der Waals surface area (Å²) in [6.07, 6.45) is 5.65. The Morgan fingerprint density at radius 3 is 2.38 bits per heavy atom. The fourth-order valence-corrected chi connectivity index (χ4v) is 4.67. The Morgan fingerprint density at radius 1 is 1.29 bits per heavy atom. The van der Waals surface area contributed by atoms with Crippen LogP contribution in [0, 0.1) is 28.6 Å². The molecule has 0 radical (unpaired) electrons. The highest BCUT2D eigenvalue weighted by atomic mass is 16.6. The summed E-state index contributed by atoms with van der Waals surface area (Å²) in [4.78, 5) is 24.2. The van der Waals surface area contributed by atoms with Gasteiger partial charge in [-0.25, -0.2) is 4.79 Å². The summed E-state index contributed by atoms with van der Waals surface area (Å²) >= 11 is 0. The molecule has 2 rings (SSSR count). The molecule has 136 valence electrons. The number of rotatable bonds is 4. The third-order valence-corrected chi connectivity index (χ3v) is 5.24. The number of hydrogen-bond acceptors (Lipinski definition) is 3. The second-order valence-corrected chi connectivity index (χ2v) is 9.38. The average Bonchev–Trinajstić information content (AvgIpc) is 2.72. The lowest BCUT2D eigenvalue weighted by Crippen LogP contribution is -2.61. The van der Waals surface area contributed by atoms with Crippen LogP contribution in [0.2, 0.25) is 0 Å². The van der Waals surface area contributed by atoms with Crippen molar-refractivity contribution in [2.75, 3.05) is 6.54 Å². The fourth-order valence-electron chi connectivity index (χ4n) is 4.67. The van der Waals surface area contributed by atoms with E-state index >= 15 is 0 Å². The minimum atomic E-state index is -0.785. The molecule has 0 bridgehead atoms. The lowest BCUT2D eigenvalue weighted by molar-refractivity contribution is -0.167. The van der Waals surface area contributed by atoms with E-state index in [0.29, 0.717) is 12.5 Å². The lowest BCUT2D eigenvalue weighted by atomic mass is 9.46. The molecule has 0 spiro atoms. The van der Waals surface area contributed by atoms with E-state index < -0.39 is 29.0 Å². The number of nitrogens with one attached hydrogen (secondary N) is 1. The van der Waals surface area contributed by atoms with Crippen molar-refractivity contribution in [1.82, 2.24) is 5.32 Å². The zero-order valence-corrected chi connectivity index (χ0v) is 15.7. The molecule has 4 atom stereocenters. The summed E-state index contributed by atoms with van der Waals surface area (Å²) in [6, 6.07) is 0. The number of allylic oxidation sites excluding steroid dienone is 2. The molecule has 0 aliphatic heterocycles. The largest absolute Gasteiger partial charge is 0.481 e. The molecule has 1 amide bonds. The molecule has 0 aromatic carbocycles. The summed E-state index contributed by atoms with van der Waals surface area (Å²) in [5.41, 5.74) is -1.40. The summed E-state index contributed by atoms with van der Waals surface area (Å²) in [6.45, 7) is 11.7. The Balaban J connectivity index is 2.21. The number of carbonyl (C=O) groups is 2. The van der Waals surface area contributed by atoms with Gasteiger partial charge in [0.05, 0.1) is 5.92 Å². The number of carboxylic acids is 1. The molecule has 1 saturated carbocycles. The molecule has 2 aliphatic rings. The topological polar surface area (TPSA) is 75.6 Å². The predicted octanol–water partition coefficient (Wildman–Crippen LogP) is 3.84. The third-order valence-electron chi connectivity index (χ3n) is 5.24. The van der Waals surface area contributed by atoms with Crippen LogP contribution in [0.15, 0.2) is 12.2 Å². The van der Waals surface area contributed by atoms with E-state index in [4.69, 9.17) is 4.74 Å². The quantitative estimate of drug-likeness (QED) is 0.764. The second kappa shape index (κ2) is 6.08. The average molecular weight is 337 g/mol. The Bertz CT molecular complexity index is 541. The van der Waals surface area contributed by atoms with Crippen molar-refractivity contribution in [3.05, 3.63) is 12.2 Å². The number of hydrogen-bond donors (Lipinski definition) is 2. The SMILES string of the molecule is CC(C)(C)OC(=O)NC[C@@]1(C(C(=O)O)C(C)(C)C)C[C@H]2CC=C[C@H]21. The second-order valence-electron chi connectivity index (χ2n) is 9.38. The molecule has 2 aliphatic carbocycles. The maximum absolute atomic E-state index is 12.1. The molecule has 5 nitrogen and oxygen atoms in total. The molecule has 1 fully saturated rings.